The first kappa shape index (κ1) is 18.5. The number of anilines is 2. The summed E-state index contributed by atoms with van der Waals surface area (Å²) < 4.78 is 0. The van der Waals surface area contributed by atoms with Crippen LogP contribution >= 0.6 is 11.8 Å². The second-order valence-electron chi connectivity index (χ2n) is 6.69. The molecule has 2 amide bonds. The van der Waals surface area contributed by atoms with Gasteiger partial charge in [-0.15, -0.1) is 11.8 Å². The highest BCUT2D eigenvalue weighted by Crippen LogP contribution is 2.38. The lowest BCUT2D eigenvalue weighted by atomic mass is 10.1. The second kappa shape index (κ2) is 8.41. The van der Waals surface area contributed by atoms with Crippen molar-refractivity contribution in [3.63, 3.8) is 0 Å². The third kappa shape index (κ3) is 4.67. The number of benzene rings is 2. The van der Waals surface area contributed by atoms with Crippen LogP contribution in [0.2, 0.25) is 0 Å². The summed E-state index contributed by atoms with van der Waals surface area (Å²) in [5.74, 6) is -0.319. The fraction of sp³-hybridized carbons (Fsp3) is 0.333. The zero-order valence-corrected chi connectivity index (χ0v) is 16.0. The SMILES string of the molecule is CC(=O)Nc1cc(C(=O)Nc2ccccc2SC2CCCC2)ccc1C. The zero-order chi connectivity index (χ0) is 18.5. The Morgan fingerprint density at radius 2 is 1.73 bits per heavy atom. The third-order valence-corrected chi connectivity index (χ3v) is 5.96. The molecule has 0 aliphatic heterocycles. The molecule has 0 bridgehead atoms. The molecule has 2 aromatic rings. The Bertz CT molecular complexity index is 813. The number of hydrogen-bond donors (Lipinski definition) is 2. The minimum Gasteiger partial charge on any atom is -0.326 e. The van der Waals surface area contributed by atoms with Crippen LogP contribution in [-0.2, 0) is 4.79 Å². The van der Waals surface area contributed by atoms with Gasteiger partial charge in [-0.25, -0.2) is 0 Å². The Morgan fingerprint density at radius 3 is 2.46 bits per heavy atom. The number of carbonyl (C=O) groups excluding carboxylic acids is 2. The topological polar surface area (TPSA) is 58.2 Å². The van der Waals surface area contributed by atoms with Crippen molar-refractivity contribution in [2.24, 2.45) is 0 Å². The number of carbonyl (C=O) groups is 2. The van der Waals surface area contributed by atoms with Crippen molar-refractivity contribution in [1.82, 2.24) is 0 Å². The quantitative estimate of drug-likeness (QED) is 0.759. The second-order valence-corrected chi connectivity index (χ2v) is 8.03. The van der Waals surface area contributed by atoms with Crippen LogP contribution in [0.3, 0.4) is 0 Å². The maximum atomic E-state index is 12.7. The lowest BCUT2D eigenvalue weighted by Crippen LogP contribution is -2.14. The monoisotopic (exact) mass is 368 g/mol. The molecule has 0 aromatic heterocycles. The molecule has 0 heterocycles. The van der Waals surface area contributed by atoms with Crippen molar-refractivity contribution in [3.8, 4) is 0 Å². The molecule has 0 unspecified atom stereocenters. The van der Waals surface area contributed by atoms with Gasteiger partial charge in [-0.3, -0.25) is 9.59 Å². The van der Waals surface area contributed by atoms with Crippen LogP contribution in [-0.4, -0.2) is 17.1 Å². The van der Waals surface area contributed by atoms with E-state index in [2.05, 4.69) is 16.7 Å². The predicted molar refractivity (Wildman–Crippen MR) is 108 cm³/mol. The van der Waals surface area contributed by atoms with Gasteiger partial charge in [0.1, 0.15) is 0 Å². The molecule has 4 nitrogen and oxygen atoms in total. The Hall–Kier alpha value is -2.27. The zero-order valence-electron chi connectivity index (χ0n) is 15.2. The van der Waals surface area contributed by atoms with Crippen LogP contribution < -0.4 is 10.6 Å². The summed E-state index contributed by atoms with van der Waals surface area (Å²) in [6.45, 7) is 3.36. The summed E-state index contributed by atoms with van der Waals surface area (Å²) >= 11 is 1.86. The third-order valence-electron chi connectivity index (χ3n) is 4.54. The maximum absolute atomic E-state index is 12.7. The summed E-state index contributed by atoms with van der Waals surface area (Å²) in [5.41, 5.74) is 2.96. The molecule has 136 valence electrons. The average molecular weight is 369 g/mol. The van der Waals surface area contributed by atoms with Gasteiger partial charge >= 0.3 is 0 Å². The highest BCUT2D eigenvalue weighted by Gasteiger charge is 2.18. The van der Waals surface area contributed by atoms with E-state index in [-0.39, 0.29) is 11.8 Å². The van der Waals surface area contributed by atoms with Crippen molar-refractivity contribution in [2.75, 3.05) is 10.6 Å². The molecule has 0 atom stereocenters. The fourth-order valence-corrected chi connectivity index (χ4v) is 4.47. The van der Waals surface area contributed by atoms with Crippen molar-refractivity contribution >= 4 is 35.0 Å². The lowest BCUT2D eigenvalue weighted by molar-refractivity contribution is -0.114. The van der Waals surface area contributed by atoms with Crippen LogP contribution in [0.25, 0.3) is 0 Å². The standard InChI is InChI=1S/C21H24N2O2S/c1-14-11-12-16(13-19(14)22-15(2)24)21(25)23-18-9-5-6-10-20(18)26-17-7-3-4-8-17/h5-6,9-13,17H,3-4,7-8H2,1-2H3,(H,22,24)(H,23,25). The van der Waals surface area contributed by atoms with Crippen molar-refractivity contribution in [3.05, 3.63) is 53.6 Å². The Morgan fingerprint density at radius 1 is 1.00 bits per heavy atom. The van der Waals surface area contributed by atoms with Gasteiger partial charge < -0.3 is 10.6 Å². The number of hydrogen-bond acceptors (Lipinski definition) is 3. The van der Waals surface area contributed by atoms with E-state index in [9.17, 15) is 9.59 Å². The van der Waals surface area contributed by atoms with E-state index in [1.54, 1.807) is 12.1 Å². The molecular weight excluding hydrogens is 344 g/mol. The van der Waals surface area contributed by atoms with Gasteiger partial charge in [0.15, 0.2) is 0 Å². The summed E-state index contributed by atoms with van der Waals surface area (Å²) in [4.78, 5) is 25.2. The number of amides is 2. The van der Waals surface area contributed by atoms with Gasteiger partial charge in [-0.1, -0.05) is 31.0 Å². The number of thioether (sulfide) groups is 1. The Kier molecular flexibility index (Phi) is 5.99. The Balaban J connectivity index is 1.76. The summed E-state index contributed by atoms with van der Waals surface area (Å²) in [6, 6.07) is 13.3. The Labute approximate surface area is 158 Å². The van der Waals surface area contributed by atoms with E-state index < -0.39 is 0 Å². The molecule has 3 rings (SSSR count). The van der Waals surface area contributed by atoms with Crippen LogP contribution in [0.5, 0.6) is 0 Å². The first-order valence-corrected chi connectivity index (χ1v) is 9.86. The van der Waals surface area contributed by atoms with E-state index in [0.29, 0.717) is 16.5 Å². The van der Waals surface area contributed by atoms with E-state index >= 15 is 0 Å². The highest BCUT2D eigenvalue weighted by molar-refractivity contribution is 8.00. The summed E-state index contributed by atoms with van der Waals surface area (Å²) in [7, 11) is 0. The highest BCUT2D eigenvalue weighted by atomic mass is 32.2. The molecule has 26 heavy (non-hydrogen) atoms. The molecule has 0 saturated heterocycles. The van der Waals surface area contributed by atoms with Gasteiger partial charge in [0.05, 0.1) is 5.69 Å². The molecular formula is C21H24N2O2S. The predicted octanol–water partition coefficient (Wildman–Crippen LogP) is 5.24. The van der Waals surface area contributed by atoms with Gasteiger partial charge in [-0.2, -0.15) is 0 Å². The van der Waals surface area contributed by atoms with Crippen molar-refractivity contribution < 1.29 is 9.59 Å². The summed E-state index contributed by atoms with van der Waals surface area (Å²) in [6.07, 6.45) is 5.07. The average Bonchev–Trinajstić information content (AvgIpc) is 3.11. The smallest absolute Gasteiger partial charge is 0.255 e. The first-order chi connectivity index (χ1) is 12.5. The number of aryl methyl sites for hydroxylation is 1. The normalized spacial score (nSPS) is 14.2. The van der Waals surface area contributed by atoms with Gasteiger partial charge in [0, 0.05) is 28.3 Å². The van der Waals surface area contributed by atoms with Crippen LogP contribution in [0.4, 0.5) is 11.4 Å². The molecule has 2 N–H and O–H groups in total. The molecule has 0 radical (unpaired) electrons. The number of para-hydroxylation sites is 1. The van der Waals surface area contributed by atoms with Gasteiger partial charge in [0.2, 0.25) is 5.91 Å². The fourth-order valence-electron chi connectivity index (χ4n) is 3.14. The molecule has 1 aliphatic rings. The minimum atomic E-state index is -0.170. The molecule has 1 fully saturated rings. The number of nitrogens with one attached hydrogen (secondary N) is 2. The van der Waals surface area contributed by atoms with Gasteiger partial charge in [0.25, 0.3) is 5.91 Å². The van der Waals surface area contributed by atoms with Crippen LogP contribution in [0.15, 0.2) is 47.4 Å². The molecule has 0 spiro atoms. The largest absolute Gasteiger partial charge is 0.326 e. The van der Waals surface area contributed by atoms with E-state index in [1.807, 2.05) is 43.0 Å². The molecule has 2 aromatic carbocycles. The molecule has 1 saturated carbocycles. The van der Waals surface area contributed by atoms with E-state index in [4.69, 9.17) is 0 Å². The van der Waals surface area contributed by atoms with Gasteiger partial charge in [-0.05, 0) is 49.6 Å². The minimum absolute atomic E-state index is 0.149. The van der Waals surface area contributed by atoms with Crippen LogP contribution in [0.1, 0.15) is 48.5 Å². The lowest BCUT2D eigenvalue weighted by Gasteiger charge is -2.15. The molecule has 5 heteroatoms. The van der Waals surface area contributed by atoms with Crippen molar-refractivity contribution in [2.45, 2.75) is 49.7 Å². The maximum Gasteiger partial charge on any atom is 0.255 e. The first-order valence-electron chi connectivity index (χ1n) is 8.98. The van der Waals surface area contributed by atoms with Crippen LogP contribution in [0, 0.1) is 6.92 Å². The summed E-state index contributed by atoms with van der Waals surface area (Å²) in [5, 5.41) is 6.43. The molecule has 1 aliphatic carbocycles. The number of rotatable bonds is 5. The van der Waals surface area contributed by atoms with E-state index in [1.165, 1.54) is 32.6 Å². The van der Waals surface area contributed by atoms with Crippen molar-refractivity contribution in [1.29, 1.82) is 0 Å². The van der Waals surface area contributed by atoms with E-state index in [0.717, 1.165) is 16.1 Å².